The van der Waals surface area contributed by atoms with Crippen LogP contribution in [0.2, 0.25) is 0 Å². The number of amides is 1. The molecule has 0 aliphatic rings. The third kappa shape index (κ3) is 4.54. The number of aromatic nitrogens is 2. The van der Waals surface area contributed by atoms with Crippen molar-refractivity contribution in [3.63, 3.8) is 0 Å². The zero-order valence-electron chi connectivity index (χ0n) is 17.9. The minimum Gasteiger partial charge on any atom is -0.497 e. The number of hydrogen-bond acceptors (Lipinski definition) is 6. The number of carbonyl (C=O) groups excluding carboxylic acids is 1. The van der Waals surface area contributed by atoms with E-state index in [1.165, 1.54) is 11.8 Å². The summed E-state index contributed by atoms with van der Waals surface area (Å²) in [5, 5.41) is 4.11. The van der Waals surface area contributed by atoms with Crippen molar-refractivity contribution in [2.24, 2.45) is 0 Å². The van der Waals surface area contributed by atoms with Gasteiger partial charge < -0.3 is 10.1 Å². The third-order valence-electron chi connectivity index (χ3n) is 5.02. The topological polar surface area (TPSA) is 73.2 Å². The molecule has 160 valence electrons. The Kier molecular flexibility index (Phi) is 7.20. The number of nitrogens with one attached hydrogen (secondary N) is 1. The number of methoxy groups -OCH3 is 1. The van der Waals surface area contributed by atoms with E-state index in [1.54, 1.807) is 29.1 Å². The molecule has 1 atom stereocenters. The number of benzene rings is 1. The highest BCUT2D eigenvalue weighted by Gasteiger charge is 2.20. The van der Waals surface area contributed by atoms with Gasteiger partial charge in [-0.3, -0.25) is 14.2 Å². The van der Waals surface area contributed by atoms with Crippen LogP contribution >= 0.6 is 23.1 Å². The van der Waals surface area contributed by atoms with Crippen LogP contribution in [-0.4, -0.2) is 34.4 Å². The SMILES string of the molecule is CCc1sc2nc(SCC(=O)N[C@@H](C)CC)n(-c3cccc(OC)c3)c(=O)c2c1C. The van der Waals surface area contributed by atoms with Crippen molar-refractivity contribution in [1.29, 1.82) is 0 Å². The number of carbonyl (C=O) groups is 1. The Balaban J connectivity index is 2.11. The van der Waals surface area contributed by atoms with Crippen LogP contribution in [0.1, 0.15) is 37.6 Å². The smallest absolute Gasteiger partial charge is 0.267 e. The zero-order valence-corrected chi connectivity index (χ0v) is 19.6. The second-order valence-electron chi connectivity index (χ2n) is 7.09. The van der Waals surface area contributed by atoms with E-state index in [2.05, 4.69) is 12.2 Å². The number of fused-ring (bicyclic) bond motifs is 1. The molecular formula is C22H27N3O3S2. The summed E-state index contributed by atoms with van der Waals surface area (Å²) in [6.45, 7) is 8.05. The molecule has 1 amide bonds. The van der Waals surface area contributed by atoms with E-state index in [1.807, 2.05) is 39.0 Å². The Hall–Kier alpha value is -2.32. The number of hydrogen-bond donors (Lipinski definition) is 1. The van der Waals surface area contributed by atoms with Crippen LogP contribution in [0.5, 0.6) is 5.75 Å². The van der Waals surface area contributed by atoms with Gasteiger partial charge in [0.25, 0.3) is 5.56 Å². The minimum absolute atomic E-state index is 0.0718. The number of thioether (sulfide) groups is 1. The van der Waals surface area contributed by atoms with E-state index in [0.717, 1.165) is 28.1 Å². The lowest BCUT2D eigenvalue weighted by Crippen LogP contribution is -2.33. The molecule has 0 unspecified atom stereocenters. The molecule has 0 spiro atoms. The second-order valence-corrected chi connectivity index (χ2v) is 9.11. The molecule has 0 aliphatic heterocycles. The maximum absolute atomic E-state index is 13.5. The predicted octanol–water partition coefficient (Wildman–Crippen LogP) is 4.33. The first kappa shape index (κ1) is 22.4. The van der Waals surface area contributed by atoms with Crippen LogP contribution in [0, 0.1) is 6.92 Å². The van der Waals surface area contributed by atoms with Crippen molar-refractivity contribution in [2.75, 3.05) is 12.9 Å². The van der Waals surface area contributed by atoms with Gasteiger partial charge in [-0.1, -0.05) is 31.7 Å². The van der Waals surface area contributed by atoms with Gasteiger partial charge in [-0.25, -0.2) is 4.98 Å². The molecule has 0 bridgehead atoms. The summed E-state index contributed by atoms with van der Waals surface area (Å²) < 4.78 is 6.93. The molecule has 6 nitrogen and oxygen atoms in total. The molecule has 2 heterocycles. The van der Waals surface area contributed by atoms with Crippen molar-refractivity contribution >= 4 is 39.2 Å². The summed E-state index contributed by atoms with van der Waals surface area (Å²) in [5.74, 6) is 0.774. The van der Waals surface area contributed by atoms with Crippen molar-refractivity contribution < 1.29 is 9.53 Å². The average molecular weight is 446 g/mol. The molecule has 3 aromatic rings. The van der Waals surface area contributed by atoms with Crippen LogP contribution in [0.25, 0.3) is 15.9 Å². The van der Waals surface area contributed by atoms with Crippen molar-refractivity contribution in [1.82, 2.24) is 14.9 Å². The summed E-state index contributed by atoms with van der Waals surface area (Å²) in [6, 6.07) is 7.44. The highest BCUT2D eigenvalue weighted by atomic mass is 32.2. The molecule has 2 aromatic heterocycles. The van der Waals surface area contributed by atoms with Gasteiger partial charge >= 0.3 is 0 Å². The predicted molar refractivity (Wildman–Crippen MR) is 125 cm³/mol. The van der Waals surface area contributed by atoms with Gasteiger partial charge in [0, 0.05) is 17.0 Å². The molecule has 1 aromatic carbocycles. The van der Waals surface area contributed by atoms with Gasteiger partial charge in [0.2, 0.25) is 5.91 Å². The van der Waals surface area contributed by atoms with E-state index >= 15 is 0 Å². The fourth-order valence-electron chi connectivity index (χ4n) is 3.17. The number of ether oxygens (including phenoxy) is 1. The van der Waals surface area contributed by atoms with Gasteiger partial charge in [-0.15, -0.1) is 11.3 Å². The quantitative estimate of drug-likeness (QED) is 0.413. The lowest BCUT2D eigenvalue weighted by Gasteiger charge is -2.14. The Morgan fingerprint density at radius 2 is 2.13 bits per heavy atom. The van der Waals surface area contributed by atoms with Crippen LogP contribution in [-0.2, 0) is 11.2 Å². The molecule has 3 rings (SSSR count). The van der Waals surface area contributed by atoms with Crippen molar-refractivity contribution in [2.45, 2.75) is 51.7 Å². The summed E-state index contributed by atoms with van der Waals surface area (Å²) in [5.41, 5.74) is 1.53. The number of rotatable bonds is 8. The van der Waals surface area contributed by atoms with Gasteiger partial charge in [-0.05, 0) is 44.4 Å². The summed E-state index contributed by atoms with van der Waals surface area (Å²) in [7, 11) is 1.59. The molecular weight excluding hydrogens is 418 g/mol. The Morgan fingerprint density at radius 1 is 1.37 bits per heavy atom. The molecule has 0 fully saturated rings. The van der Waals surface area contributed by atoms with Gasteiger partial charge in [-0.2, -0.15) is 0 Å². The molecule has 1 N–H and O–H groups in total. The highest BCUT2D eigenvalue weighted by molar-refractivity contribution is 7.99. The molecule has 8 heteroatoms. The first-order valence-corrected chi connectivity index (χ1v) is 11.8. The molecule has 0 aliphatic carbocycles. The molecule has 0 radical (unpaired) electrons. The Morgan fingerprint density at radius 3 is 2.80 bits per heavy atom. The van der Waals surface area contributed by atoms with E-state index in [0.29, 0.717) is 22.0 Å². The lowest BCUT2D eigenvalue weighted by atomic mass is 10.2. The van der Waals surface area contributed by atoms with Gasteiger partial charge in [0.1, 0.15) is 10.6 Å². The van der Waals surface area contributed by atoms with Gasteiger partial charge in [0.05, 0.1) is 23.9 Å². The summed E-state index contributed by atoms with van der Waals surface area (Å²) in [6.07, 6.45) is 1.72. The maximum Gasteiger partial charge on any atom is 0.267 e. The highest BCUT2D eigenvalue weighted by Crippen LogP contribution is 2.31. The number of thiophene rings is 1. The summed E-state index contributed by atoms with van der Waals surface area (Å²) in [4.78, 5) is 32.5. The average Bonchev–Trinajstić information content (AvgIpc) is 3.07. The third-order valence-corrected chi connectivity index (χ3v) is 7.29. The van der Waals surface area contributed by atoms with E-state index in [-0.39, 0.29) is 23.3 Å². The van der Waals surface area contributed by atoms with Crippen molar-refractivity contribution in [3.8, 4) is 11.4 Å². The zero-order chi connectivity index (χ0) is 21.8. The summed E-state index contributed by atoms with van der Waals surface area (Å²) >= 11 is 2.82. The van der Waals surface area contributed by atoms with Crippen LogP contribution < -0.4 is 15.6 Å². The van der Waals surface area contributed by atoms with Crippen LogP contribution in [0.15, 0.2) is 34.2 Å². The van der Waals surface area contributed by atoms with Crippen LogP contribution in [0.3, 0.4) is 0 Å². The number of nitrogens with zero attached hydrogens (tertiary/aromatic N) is 2. The Bertz CT molecular complexity index is 1120. The lowest BCUT2D eigenvalue weighted by molar-refractivity contribution is -0.119. The Labute approximate surface area is 184 Å². The maximum atomic E-state index is 13.5. The molecule has 0 saturated heterocycles. The molecule has 30 heavy (non-hydrogen) atoms. The van der Waals surface area contributed by atoms with Crippen molar-refractivity contribution in [3.05, 3.63) is 45.1 Å². The second kappa shape index (κ2) is 9.66. The largest absolute Gasteiger partial charge is 0.497 e. The monoisotopic (exact) mass is 445 g/mol. The van der Waals surface area contributed by atoms with E-state index < -0.39 is 0 Å². The fourth-order valence-corrected chi connectivity index (χ4v) is 5.15. The minimum atomic E-state index is -0.119. The molecule has 0 saturated carbocycles. The first-order chi connectivity index (χ1) is 14.4. The number of aryl methyl sites for hydroxylation is 2. The standard InChI is InChI=1S/C22H27N3O3S2/c1-6-13(3)23-18(26)12-29-22-24-20-19(14(4)17(7-2)30-20)21(27)25(22)15-9-8-10-16(11-15)28-5/h8-11,13H,6-7,12H2,1-5H3,(H,23,26)/t13-/m0/s1. The first-order valence-electron chi connectivity index (χ1n) is 10.0. The van der Waals surface area contributed by atoms with E-state index in [9.17, 15) is 9.59 Å². The normalized spacial score (nSPS) is 12.2. The fraction of sp³-hybridized carbons (Fsp3) is 0.409. The van der Waals surface area contributed by atoms with E-state index in [4.69, 9.17) is 9.72 Å². The van der Waals surface area contributed by atoms with Crippen LogP contribution in [0.4, 0.5) is 0 Å². The van der Waals surface area contributed by atoms with Gasteiger partial charge in [0.15, 0.2) is 5.16 Å².